The molecule has 5 heteroatoms. The number of nitrogens with zero attached hydrogens (tertiary/aromatic N) is 1. The number of benzene rings is 2. The predicted octanol–water partition coefficient (Wildman–Crippen LogP) is 4.19. The van der Waals surface area contributed by atoms with Gasteiger partial charge in [-0.2, -0.15) is 0 Å². The highest BCUT2D eigenvalue weighted by Gasteiger charge is 2.00. The lowest BCUT2D eigenvalue weighted by Crippen LogP contribution is -2.06. The van der Waals surface area contributed by atoms with Gasteiger partial charge in [0.1, 0.15) is 17.4 Å². The van der Waals surface area contributed by atoms with Crippen LogP contribution in [0, 0.1) is 5.82 Å². The Morgan fingerprint density at radius 2 is 1.95 bits per heavy atom. The zero-order valence-corrected chi connectivity index (χ0v) is 12.1. The van der Waals surface area contributed by atoms with E-state index in [1.165, 1.54) is 13.2 Å². The van der Waals surface area contributed by atoms with Gasteiger partial charge in [0.15, 0.2) is 0 Å². The lowest BCUT2D eigenvalue weighted by Gasteiger charge is -2.01. The van der Waals surface area contributed by atoms with Crippen molar-refractivity contribution in [3.63, 3.8) is 0 Å². The van der Waals surface area contributed by atoms with Crippen LogP contribution in [0.5, 0.6) is 5.75 Å². The van der Waals surface area contributed by atoms with Crippen LogP contribution in [0.1, 0.15) is 5.56 Å². The van der Waals surface area contributed by atoms with E-state index in [1.807, 2.05) is 0 Å². The van der Waals surface area contributed by atoms with Crippen molar-refractivity contribution in [2.75, 3.05) is 7.11 Å². The molecule has 2 aromatic rings. The van der Waals surface area contributed by atoms with Gasteiger partial charge in [-0.1, -0.05) is 11.6 Å². The summed E-state index contributed by atoms with van der Waals surface area (Å²) in [6, 6.07) is 11.5. The minimum Gasteiger partial charge on any atom is -0.497 e. The molecule has 0 fully saturated rings. The maximum Gasteiger partial charge on any atom is 0.134 e. The number of hydrogen-bond acceptors (Lipinski definition) is 2. The summed E-state index contributed by atoms with van der Waals surface area (Å²) in [5, 5.41) is 0.628. The molecule has 108 valence electrons. The standard InChI is InChI=1S/C16H14ClFN2O/c1-21-14-8-2-11(15(18)10-14)3-9-16(19)20-13-6-4-12(17)5-7-13/h2-10H,1H3,(H2,19,20). The van der Waals surface area contributed by atoms with Crippen molar-refractivity contribution in [2.45, 2.75) is 0 Å². The molecule has 0 amide bonds. The first kappa shape index (κ1) is 15.1. The molecular formula is C16H14ClFN2O. The first-order chi connectivity index (χ1) is 10.1. The molecule has 0 spiro atoms. The number of amidine groups is 1. The van der Waals surface area contributed by atoms with Crippen LogP contribution in [0.25, 0.3) is 6.08 Å². The van der Waals surface area contributed by atoms with Crippen molar-refractivity contribution < 1.29 is 9.13 Å². The highest BCUT2D eigenvalue weighted by atomic mass is 35.5. The normalized spacial score (nSPS) is 11.9. The molecule has 3 nitrogen and oxygen atoms in total. The van der Waals surface area contributed by atoms with Gasteiger partial charge in [0.25, 0.3) is 0 Å². The van der Waals surface area contributed by atoms with Crippen LogP contribution in [-0.4, -0.2) is 12.9 Å². The second-order valence-electron chi connectivity index (χ2n) is 4.23. The molecule has 0 aliphatic carbocycles. The number of aliphatic imine (C=N–C) groups is 1. The minimum atomic E-state index is -0.384. The number of nitrogens with two attached hydrogens (primary N) is 1. The van der Waals surface area contributed by atoms with Crippen LogP contribution >= 0.6 is 11.6 Å². The van der Waals surface area contributed by atoms with Crippen LogP contribution < -0.4 is 10.5 Å². The summed E-state index contributed by atoms with van der Waals surface area (Å²) in [5.41, 5.74) is 6.87. The van der Waals surface area contributed by atoms with Crippen molar-refractivity contribution >= 4 is 29.2 Å². The molecule has 0 saturated heterocycles. The molecule has 2 aromatic carbocycles. The van der Waals surface area contributed by atoms with E-state index in [9.17, 15) is 4.39 Å². The fourth-order valence-corrected chi connectivity index (χ4v) is 1.77. The fourth-order valence-electron chi connectivity index (χ4n) is 1.65. The number of ether oxygens (including phenoxy) is 1. The Labute approximate surface area is 127 Å². The van der Waals surface area contributed by atoms with Gasteiger partial charge in [-0.15, -0.1) is 0 Å². The fraction of sp³-hybridized carbons (Fsp3) is 0.0625. The van der Waals surface area contributed by atoms with Crippen LogP contribution in [0.4, 0.5) is 10.1 Å². The SMILES string of the molecule is COc1ccc(C=CC(N)=Nc2ccc(Cl)cc2)c(F)c1. The molecule has 0 radical (unpaired) electrons. The van der Waals surface area contributed by atoms with Gasteiger partial charge in [-0.3, -0.25) is 0 Å². The Balaban J connectivity index is 2.14. The number of methoxy groups -OCH3 is 1. The lowest BCUT2D eigenvalue weighted by molar-refractivity contribution is 0.411. The molecule has 0 saturated carbocycles. The number of halogens is 2. The number of rotatable bonds is 4. The summed E-state index contributed by atoms with van der Waals surface area (Å²) in [5.74, 6) is 0.352. The van der Waals surface area contributed by atoms with Crippen LogP contribution in [0.2, 0.25) is 5.02 Å². The van der Waals surface area contributed by atoms with E-state index in [1.54, 1.807) is 48.6 Å². The molecule has 0 unspecified atom stereocenters. The molecule has 2 N–H and O–H groups in total. The quantitative estimate of drug-likeness (QED) is 0.680. The third kappa shape index (κ3) is 4.33. The minimum absolute atomic E-state index is 0.271. The van der Waals surface area contributed by atoms with Crippen molar-refractivity contribution in [1.82, 2.24) is 0 Å². The van der Waals surface area contributed by atoms with Crippen LogP contribution in [-0.2, 0) is 0 Å². The first-order valence-corrected chi connectivity index (χ1v) is 6.57. The molecule has 0 aliphatic heterocycles. The first-order valence-electron chi connectivity index (χ1n) is 6.20. The molecule has 0 heterocycles. The maximum absolute atomic E-state index is 13.7. The average molecular weight is 305 g/mol. The van der Waals surface area contributed by atoms with E-state index in [2.05, 4.69) is 4.99 Å². The predicted molar refractivity (Wildman–Crippen MR) is 84.7 cm³/mol. The van der Waals surface area contributed by atoms with E-state index < -0.39 is 0 Å². The third-order valence-corrected chi connectivity index (χ3v) is 2.98. The largest absolute Gasteiger partial charge is 0.497 e. The van der Waals surface area contributed by atoms with Gasteiger partial charge < -0.3 is 10.5 Å². The monoisotopic (exact) mass is 304 g/mol. The Kier molecular flexibility index (Phi) is 4.95. The van der Waals surface area contributed by atoms with Gasteiger partial charge >= 0.3 is 0 Å². The maximum atomic E-state index is 13.7. The highest BCUT2D eigenvalue weighted by Crippen LogP contribution is 2.18. The van der Waals surface area contributed by atoms with Crippen molar-refractivity contribution in [3.8, 4) is 5.75 Å². The van der Waals surface area contributed by atoms with Gasteiger partial charge in [-0.25, -0.2) is 9.38 Å². The van der Waals surface area contributed by atoms with Gasteiger partial charge in [0.2, 0.25) is 0 Å². The molecule has 0 bridgehead atoms. The summed E-state index contributed by atoms with van der Waals surface area (Å²) in [6.45, 7) is 0. The topological polar surface area (TPSA) is 47.6 Å². The van der Waals surface area contributed by atoms with E-state index in [-0.39, 0.29) is 11.7 Å². The Bertz CT molecular complexity index is 681. The molecule has 0 atom stereocenters. The molecular weight excluding hydrogens is 291 g/mol. The zero-order valence-electron chi connectivity index (χ0n) is 11.4. The third-order valence-electron chi connectivity index (χ3n) is 2.73. The van der Waals surface area contributed by atoms with E-state index >= 15 is 0 Å². The van der Waals surface area contributed by atoms with E-state index in [0.29, 0.717) is 22.0 Å². The second kappa shape index (κ2) is 6.90. The van der Waals surface area contributed by atoms with Crippen molar-refractivity contribution in [1.29, 1.82) is 0 Å². The van der Waals surface area contributed by atoms with Gasteiger partial charge in [0.05, 0.1) is 12.8 Å². The van der Waals surface area contributed by atoms with Crippen LogP contribution in [0.15, 0.2) is 53.5 Å². The summed E-state index contributed by atoms with van der Waals surface area (Å²) in [4.78, 5) is 4.18. The molecule has 2 rings (SSSR count). The summed E-state index contributed by atoms with van der Waals surface area (Å²) in [7, 11) is 1.49. The molecule has 0 aromatic heterocycles. The molecule has 21 heavy (non-hydrogen) atoms. The molecule has 0 aliphatic rings. The summed E-state index contributed by atoms with van der Waals surface area (Å²) < 4.78 is 18.7. The van der Waals surface area contributed by atoms with Crippen molar-refractivity contribution in [2.24, 2.45) is 10.7 Å². The van der Waals surface area contributed by atoms with E-state index in [4.69, 9.17) is 22.1 Å². The number of hydrogen-bond donors (Lipinski definition) is 1. The zero-order chi connectivity index (χ0) is 15.2. The lowest BCUT2D eigenvalue weighted by atomic mass is 10.2. The smallest absolute Gasteiger partial charge is 0.134 e. The second-order valence-corrected chi connectivity index (χ2v) is 4.67. The van der Waals surface area contributed by atoms with Crippen LogP contribution in [0.3, 0.4) is 0 Å². The Morgan fingerprint density at radius 3 is 2.57 bits per heavy atom. The summed E-state index contributed by atoms with van der Waals surface area (Å²) >= 11 is 5.79. The summed E-state index contributed by atoms with van der Waals surface area (Å²) in [6.07, 6.45) is 3.10. The average Bonchev–Trinajstić information content (AvgIpc) is 2.48. The van der Waals surface area contributed by atoms with E-state index in [0.717, 1.165) is 0 Å². The van der Waals surface area contributed by atoms with Gasteiger partial charge in [0, 0.05) is 16.7 Å². The highest BCUT2D eigenvalue weighted by molar-refractivity contribution is 6.30. The van der Waals surface area contributed by atoms with Gasteiger partial charge in [-0.05, 0) is 48.6 Å². The Morgan fingerprint density at radius 1 is 1.24 bits per heavy atom. The Hall–Kier alpha value is -2.33. The van der Waals surface area contributed by atoms with Crippen molar-refractivity contribution in [3.05, 3.63) is 64.9 Å².